The molecule has 0 N–H and O–H groups in total. The van der Waals surface area contributed by atoms with Crippen LogP contribution in [-0.2, 0) is 6.61 Å². The molecule has 1 amide bonds. The number of ether oxygens (including phenoxy) is 1. The van der Waals surface area contributed by atoms with Crippen LogP contribution in [0.5, 0.6) is 5.75 Å². The first-order valence-corrected chi connectivity index (χ1v) is 9.98. The summed E-state index contributed by atoms with van der Waals surface area (Å²) in [4.78, 5) is 21.5. The Labute approximate surface area is 160 Å². The third-order valence-corrected chi connectivity index (χ3v) is 6.34. The first-order chi connectivity index (χ1) is 13.2. The molecule has 3 aromatic rings. The molecule has 1 aromatic carbocycles. The summed E-state index contributed by atoms with van der Waals surface area (Å²) in [6, 6.07) is 9.84. The van der Waals surface area contributed by atoms with Gasteiger partial charge in [0.1, 0.15) is 12.4 Å². The molecule has 1 unspecified atom stereocenters. The smallest absolute Gasteiger partial charge is 0.264 e. The van der Waals surface area contributed by atoms with E-state index in [-0.39, 0.29) is 11.9 Å². The molecule has 6 nitrogen and oxygen atoms in total. The van der Waals surface area contributed by atoms with Crippen molar-refractivity contribution in [2.45, 2.75) is 38.8 Å². The Kier molecular flexibility index (Phi) is 3.97. The summed E-state index contributed by atoms with van der Waals surface area (Å²) in [5.74, 6) is 2.06. The summed E-state index contributed by atoms with van der Waals surface area (Å²) >= 11 is 1.55. The Bertz CT molecular complexity index is 1010. The van der Waals surface area contributed by atoms with Gasteiger partial charge < -0.3 is 14.2 Å². The molecular weight excluding hydrogens is 362 g/mol. The summed E-state index contributed by atoms with van der Waals surface area (Å²) < 4.78 is 11.0. The summed E-state index contributed by atoms with van der Waals surface area (Å²) in [5.41, 5.74) is 2.14. The SMILES string of the molecule is Cc1nc(C2CCCCN2C(=O)c2cc3c(s2)-c2ccccc2OC3)no1. The maximum Gasteiger partial charge on any atom is 0.264 e. The van der Waals surface area contributed by atoms with Gasteiger partial charge in [0.25, 0.3) is 5.91 Å². The van der Waals surface area contributed by atoms with E-state index in [1.165, 1.54) is 0 Å². The highest BCUT2D eigenvalue weighted by atomic mass is 32.1. The van der Waals surface area contributed by atoms with E-state index in [0.29, 0.717) is 24.9 Å². The Morgan fingerprint density at radius 3 is 3.04 bits per heavy atom. The predicted octanol–water partition coefficient (Wildman–Crippen LogP) is 4.37. The van der Waals surface area contributed by atoms with E-state index in [1.807, 2.05) is 35.2 Å². The second-order valence-corrected chi connectivity index (χ2v) is 7.98. The van der Waals surface area contributed by atoms with Crippen molar-refractivity contribution in [2.24, 2.45) is 0 Å². The number of hydrogen-bond donors (Lipinski definition) is 0. The third-order valence-electron chi connectivity index (χ3n) is 5.14. The molecule has 1 atom stereocenters. The number of nitrogens with zero attached hydrogens (tertiary/aromatic N) is 3. The quantitative estimate of drug-likeness (QED) is 0.659. The van der Waals surface area contributed by atoms with Gasteiger partial charge in [-0.1, -0.05) is 17.3 Å². The van der Waals surface area contributed by atoms with Gasteiger partial charge in [0.15, 0.2) is 5.82 Å². The molecule has 2 aliphatic heterocycles. The second-order valence-electron chi connectivity index (χ2n) is 6.93. The lowest BCUT2D eigenvalue weighted by Gasteiger charge is -2.33. The fourth-order valence-corrected chi connectivity index (χ4v) is 4.99. The van der Waals surface area contributed by atoms with Gasteiger partial charge in [-0.2, -0.15) is 4.98 Å². The zero-order chi connectivity index (χ0) is 18.4. The molecular formula is C20H19N3O3S. The first kappa shape index (κ1) is 16.5. The highest BCUT2D eigenvalue weighted by molar-refractivity contribution is 7.17. The standard InChI is InChI=1S/C20H19N3O3S/c1-12-21-19(22-26-12)15-7-4-5-9-23(15)20(24)17-10-13-11-25-16-8-3-2-6-14(16)18(13)27-17/h2-3,6,8,10,15H,4-5,7,9,11H2,1H3. The van der Waals surface area contributed by atoms with E-state index < -0.39 is 0 Å². The van der Waals surface area contributed by atoms with Gasteiger partial charge in [-0.3, -0.25) is 4.79 Å². The van der Waals surface area contributed by atoms with Gasteiger partial charge in [-0.15, -0.1) is 11.3 Å². The molecule has 27 heavy (non-hydrogen) atoms. The van der Waals surface area contributed by atoms with Gasteiger partial charge in [-0.25, -0.2) is 0 Å². The molecule has 1 fully saturated rings. The summed E-state index contributed by atoms with van der Waals surface area (Å²) in [5, 5.41) is 4.06. The number of benzene rings is 1. The molecule has 2 aromatic heterocycles. The van der Waals surface area contributed by atoms with Crippen molar-refractivity contribution in [2.75, 3.05) is 6.54 Å². The number of carbonyl (C=O) groups is 1. The summed E-state index contributed by atoms with van der Waals surface area (Å²) in [6.45, 7) is 2.99. The van der Waals surface area contributed by atoms with Crippen molar-refractivity contribution >= 4 is 17.2 Å². The second kappa shape index (κ2) is 6.49. The van der Waals surface area contributed by atoms with Crippen LogP contribution in [0.1, 0.15) is 52.3 Å². The highest BCUT2D eigenvalue weighted by Gasteiger charge is 2.33. The number of piperidine rings is 1. The highest BCUT2D eigenvalue weighted by Crippen LogP contribution is 2.43. The van der Waals surface area contributed by atoms with E-state index in [0.717, 1.165) is 45.9 Å². The number of rotatable bonds is 2. The zero-order valence-electron chi connectivity index (χ0n) is 15.0. The van der Waals surface area contributed by atoms with Crippen LogP contribution < -0.4 is 4.74 Å². The fraction of sp³-hybridized carbons (Fsp3) is 0.350. The van der Waals surface area contributed by atoms with E-state index in [2.05, 4.69) is 10.1 Å². The molecule has 0 spiro atoms. The van der Waals surface area contributed by atoms with Gasteiger partial charge in [-0.05, 0) is 37.5 Å². The van der Waals surface area contributed by atoms with E-state index in [9.17, 15) is 4.79 Å². The van der Waals surface area contributed by atoms with E-state index in [1.54, 1.807) is 18.3 Å². The lowest BCUT2D eigenvalue weighted by Crippen LogP contribution is -2.38. The Balaban J connectivity index is 1.48. The number of amides is 1. The lowest BCUT2D eigenvalue weighted by molar-refractivity contribution is 0.0602. The molecule has 7 heteroatoms. The van der Waals surface area contributed by atoms with Crippen LogP contribution in [-0.4, -0.2) is 27.5 Å². The number of carbonyl (C=O) groups excluding carboxylic acids is 1. The number of likely N-dealkylation sites (tertiary alicyclic amines) is 1. The Hall–Kier alpha value is -2.67. The van der Waals surface area contributed by atoms with Crippen molar-refractivity contribution in [1.29, 1.82) is 0 Å². The minimum atomic E-state index is -0.119. The molecule has 5 rings (SSSR count). The average Bonchev–Trinajstić information content (AvgIpc) is 3.34. The van der Waals surface area contributed by atoms with Crippen LogP contribution in [0.3, 0.4) is 0 Å². The molecule has 2 aliphatic rings. The van der Waals surface area contributed by atoms with Gasteiger partial charge >= 0.3 is 0 Å². The van der Waals surface area contributed by atoms with Crippen molar-refractivity contribution in [3.63, 3.8) is 0 Å². The number of fused-ring (bicyclic) bond motifs is 3. The lowest BCUT2D eigenvalue weighted by atomic mass is 10.0. The Morgan fingerprint density at radius 2 is 2.19 bits per heavy atom. The molecule has 1 saturated heterocycles. The first-order valence-electron chi connectivity index (χ1n) is 9.17. The molecule has 138 valence electrons. The monoisotopic (exact) mass is 381 g/mol. The topological polar surface area (TPSA) is 68.5 Å². The largest absolute Gasteiger partial charge is 0.488 e. The van der Waals surface area contributed by atoms with Crippen molar-refractivity contribution < 1.29 is 14.1 Å². The third kappa shape index (κ3) is 2.82. The average molecular weight is 381 g/mol. The number of thiophene rings is 1. The summed E-state index contributed by atoms with van der Waals surface area (Å²) in [6.07, 6.45) is 2.92. The number of aromatic nitrogens is 2. The van der Waals surface area contributed by atoms with Crippen molar-refractivity contribution in [3.8, 4) is 16.2 Å². The van der Waals surface area contributed by atoms with Crippen molar-refractivity contribution in [1.82, 2.24) is 15.0 Å². The molecule has 0 aliphatic carbocycles. The number of hydrogen-bond acceptors (Lipinski definition) is 6. The van der Waals surface area contributed by atoms with Crippen LogP contribution in [0.15, 0.2) is 34.9 Å². The number of para-hydroxylation sites is 1. The van der Waals surface area contributed by atoms with Crippen molar-refractivity contribution in [3.05, 3.63) is 52.5 Å². The summed E-state index contributed by atoms with van der Waals surface area (Å²) in [7, 11) is 0. The normalized spacial score (nSPS) is 18.6. The molecule has 0 radical (unpaired) electrons. The fourth-order valence-electron chi connectivity index (χ4n) is 3.84. The van der Waals surface area contributed by atoms with Crippen LogP contribution in [0, 0.1) is 6.92 Å². The molecule has 0 bridgehead atoms. The molecule has 4 heterocycles. The van der Waals surface area contributed by atoms with E-state index in [4.69, 9.17) is 9.26 Å². The minimum absolute atomic E-state index is 0.0408. The predicted molar refractivity (Wildman–Crippen MR) is 101 cm³/mol. The van der Waals surface area contributed by atoms with Gasteiger partial charge in [0, 0.05) is 29.5 Å². The van der Waals surface area contributed by atoms with Crippen LogP contribution in [0.25, 0.3) is 10.4 Å². The minimum Gasteiger partial charge on any atom is -0.488 e. The maximum absolute atomic E-state index is 13.3. The van der Waals surface area contributed by atoms with Crippen LogP contribution in [0.4, 0.5) is 0 Å². The Morgan fingerprint density at radius 1 is 1.30 bits per heavy atom. The van der Waals surface area contributed by atoms with Crippen LogP contribution >= 0.6 is 11.3 Å². The van der Waals surface area contributed by atoms with Gasteiger partial charge in [0.2, 0.25) is 5.89 Å². The van der Waals surface area contributed by atoms with Gasteiger partial charge in [0.05, 0.1) is 10.9 Å². The zero-order valence-corrected chi connectivity index (χ0v) is 15.8. The van der Waals surface area contributed by atoms with E-state index >= 15 is 0 Å². The molecule has 0 saturated carbocycles. The maximum atomic E-state index is 13.3. The van der Waals surface area contributed by atoms with Crippen LogP contribution in [0.2, 0.25) is 0 Å². The number of aryl methyl sites for hydroxylation is 1.